The van der Waals surface area contributed by atoms with E-state index in [2.05, 4.69) is 0 Å². The molecule has 0 radical (unpaired) electrons. The van der Waals surface area contributed by atoms with E-state index in [1.807, 2.05) is 0 Å². The smallest absolute Gasteiger partial charge is 0.199 e. The molecule has 0 unspecified atom stereocenters. The van der Waals surface area contributed by atoms with Gasteiger partial charge in [0.05, 0.1) is 0 Å². The number of ketones is 2. The summed E-state index contributed by atoms with van der Waals surface area (Å²) in [4.78, 5) is 20.4. The molecule has 8 heavy (non-hydrogen) atoms. The van der Waals surface area contributed by atoms with Crippen LogP contribution in [0, 0.1) is 0 Å². The monoisotopic (exact) mass is 115 g/mol. The zero-order valence-electron chi connectivity index (χ0n) is 4.81. The summed E-state index contributed by atoms with van der Waals surface area (Å²) in [5.41, 5.74) is 4.99. The van der Waals surface area contributed by atoms with Crippen LogP contribution in [0.3, 0.4) is 0 Å². The molecule has 0 aromatic heterocycles. The molecular formula is C5H9NO2. The lowest BCUT2D eigenvalue weighted by Crippen LogP contribution is -2.14. The van der Waals surface area contributed by atoms with Gasteiger partial charge in [0.15, 0.2) is 11.6 Å². The first kappa shape index (κ1) is 7.30. The normalized spacial score (nSPS) is 8.75. The van der Waals surface area contributed by atoms with Crippen molar-refractivity contribution in [2.75, 3.05) is 6.54 Å². The molecule has 0 amide bonds. The summed E-state index contributed by atoms with van der Waals surface area (Å²) in [6.07, 6.45) is 0.176. The summed E-state index contributed by atoms with van der Waals surface area (Å²) in [6, 6.07) is 0. The summed E-state index contributed by atoms with van der Waals surface area (Å²) in [7, 11) is 0. The molecule has 0 aromatic carbocycles. The van der Waals surface area contributed by atoms with Crippen molar-refractivity contribution in [1.82, 2.24) is 0 Å². The van der Waals surface area contributed by atoms with E-state index in [4.69, 9.17) is 5.73 Å². The van der Waals surface area contributed by atoms with Gasteiger partial charge in [-0.15, -0.1) is 0 Å². The zero-order chi connectivity index (χ0) is 6.57. The Labute approximate surface area is 47.9 Å². The van der Waals surface area contributed by atoms with E-state index in [-0.39, 0.29) is 18.7 Å². The summed E-state index contributed by atoms with van der Waals surface area (Å²) >= 11 is 0. The average Bonchev–Trinajstić information content (AvgIpc) is 1.67. The van der Waals surface area contributed by atoms with Crippen LogP contribution in [0.1, 0.15) is 13.3 Å². The van der Waals surface area contributed by atoms with Gasteiger partial charge in [0, 0.05) is 13.3 Å². The molecule has 0 fully saturated rings. The highest BCUT2D eigenvalue weighted by molar-refractivity contribution is 6.36. The summed E-state index contributed by atoms with van der Waals surface area (Å²) in [6.45, 7) is 1.51. The summed E-state index contributed by atoms with van der Waals surface area (Å²) < 4.78 is 0. The standard InChI is InChI=1S/C5H9NO2/c1-4(7)5(8)2-3-6/h2-3,6H2,1H3. The topological polar surface area (TPSA) is 60.2 Å². The van der Waals surface area contributed by atoms with Crippen LogP contribution in [0.25, 0.3) is 0 Å². The van der Waals surface area contributed by atoms with Gasteiger partial charge < -0.3 is 5.73 Å². The molecule has 0 heterocycles. The number of hydrogen-bond acceptors (Lipinski definition) is 3. The van der Waals surface area contributed by atoms with E-state index < -0.39 is 5.78 Å². The van der Waals surface area contributed by atoms with Gasteiger partial charge >= 0.3 is 0 Å². The largest absolute Gasteiger partial charge is 0.330 e. The Kier molecular flexibility index (Phi) is 3.03. The lowest BCUT2D eigenvalue weighted by atomic mass is 10.2. The van der Waals surface area contributed by atoms with Crippen molar-refractivity contribution in [3.63, 3.8) is 0 Å². The lowest BCUT2D eigenvalue weighted by molar-refractivity contribution is -0.135. The Morgan fingerprint density at radius 2 is 2.00 bits per heavy atom. The van der Waals surface area contributed by atoms with Crippen LogP contribution in [0.5, 0.6) is 0 Å². The van der Waals surface area contributed by atoms with E-state index in [0.29, 0.717) is 0 Å². The van der Waals surface area contributed by atoms with Gasteiger partial charge in [0.25, 0.3) is 0 Å². The van der Waals surface area contributed by atoms with Crippen LogP contribution in [-0.4, -0.2) is 18.1 Å². The first-order valence-corrected chi connectivity index (χ1v) is 2.42. The number of carbonyl (C=O) groups is 2. The molecule has 3 nitrogen and oxygen atoms in total. The Hall–Kier alpha value is -0.700. The maximum atomic E-state index is 10.3. The number of hydrogen-bond donors (Lipinski definition) is 1. The van der Waals surface area contributed by atoms with Crippen LogP contribution in [0.2, 0.25) is 0 Å². The molecule has 0 aliphatic heterocycles. The quantitative estimate of drug-likeness (QED) is 0.504. The highest BCUT2D eigenvalue weighted by Gasteiger charge is 2.03. The van der Waals surface area contributed by atoms with Crippen molar-refractivity contribution < 1.29 is 9.59 Å². The van der Waals surface area contributed by atoms with Gasteiger partial charge in [-0.25, -0.2) is 0 Å². The van der Waals surface area contributed by atoms with Crippen LogP contribution in [0.4, 0.5) is 0 Å². The third kappa shape index (κ3) is 2.47. The molecule has 3 heteroatoms. The van der Waals surface area contributed by atoms with Crippen molar-refractivity contribution in [3.05, 3.63) is 0 Å². The molecule has 0 aliphatic carbocycles. The number of carbonyl (C=O) groups excluding carboxylic acids is 2. The maximum absolute atomic E-state index is 10.3. The first-order valence-electron chi connectivity index (χ1n) is 2.42. The second kappa shape index (κ2) is 3.32. The third-order valence-electron chi connectivity index (χ3n) is 0.764. The Morgan fingerprint density at radius 3 is 2.12 bits per heavy atom. The summed E-state index contributed by atoms with van der Waals surface area (Å²) in [5, 5.41) is 0. The van der Waals surface area contributed by atoms with Crippen LogP contribution in [-0.2, 0) is 9.59 Å². The summed E-state index contributed by atoms with van der Waals surface area (Å²) in [5.74, 6) is -0.789. The van der Waals surface area contributed by atoms with Gasteiger partial charge in [-0.2, -0.15) is 0 Å². The minimum Gasteiger partial charge on any atom is -0.330 e. The SMILES string of the molecule is CC(=O)C(=O)CCN. The fourth-order valence-corrected chi connectivity index (χ4v) is 0.307. The molecule has 0 saturated heterocycles. The Balaban J connectivity index is 3.49. The van der Waals surface area contributed by atoms with Crippen LogP contribution >= 0.6 is 0 Å². The maximum Gasteiger partial charge on any atom is 0.199 e. The Morgan fingerprint density at radius 1 is 1.50 bits per heavy atom. The van der Waals surface area contributed by atoms with E-state index in [0.717, 1.165) is 0 Å². The fourth-order valence-electron chi connectivity index (χ4n) is 0.307. The van der Waals surface area contributed by atoms with Gasteiger partial charge in [0.1, 0.15) is 0 Å². The molecule has 0 aliphatic rings. The Bertz CT molecular complexity index is 109. The molecule has 46 valence electrons. The van der Waals surface area contributed by atoms with Crippen LogP contribution in [0.15, 0.2) is 0 Å². The molecule has 0 bridgehead atoms. The highest BCUT2D eigenvalue weighted by Crippen LogP contribution is 1.79. The van der Waals surface area contributed by atoms with Crippen LogP contribution < -0.4 is 5.73 Å². The number of Topliss-reactive ketones (excluding diaryl/α,β-unsaturated/α-hetero) is 2. The number of nitrogens with two attached hydrogens (primary N) is 1. The lowest BCUT2D eigenvalue weighted by Gasteiger charge is -1.87. The molecule has 2 N–H and O–H groups in total. The van der Waals surface area contributed by atoms with E-state index in [1.54, 1.807) is 0 Å². The van der Waals surface area contributed by atoms with E-state index >= 15 is 0 Å². The van der Waals surface area contributed by atoms with Crippen molar-refractivity contribution in [2.45, 2.75) is 13.3 Å². The minimum absolute atomic E-state index is 0.176. The van der Waals surface area contributed by atoms with E-state index in [1.165, 1.54) is 6.92 Å². The second-order valence-corrected chi connectivity index (χ2v) is 1.52. The van der Waals surface area contributed by atoms with Crippen molar-refractivity contribution in [3.8, 4) is 0 Å². The fraction of sp³-hybridized carbons (Fsp3) is 0.600. The van der Waals surface area contributed by atoms with E-state index in [9.17, 15) is 9.59 Å². The molecule has 0 rings (SSSR count). The predicted octanol–water partition coefficient (Wildman–Crippen LogP) is -0.507. The molecule has 0 aromatic rings. The molecule has 0 saturated carbocycles. The predicted molar refractivity (Wildman–Crippen MR) is 29.4 cm³/mol. The van der Waals surface area contributed by atoms with Gasteiger partial charge in [0.2, 0.25) is 0 Å². The van der Waals surface area contributed by atoms with Crippen molar-refractivity contribution in [2.24, 2.45) is 5.73 Å². The minimum atomic E-state index is -0.407. The molecule has 0 spiro atoms. The number of rotatable bonds is 3. The van der Waals surface area contributed by atoms with Crippen molar-refractivity contribution >= 4 is 11.6 Å². The highest BCUT2D eigenvalue weighted by atomic mass is 16.2. The van der Waals surface area contributed by atoms with Crippen molar-refractivity contribution in [1.29, 1.82) is 0 Å². The zero-order valence-corrected chi connectivity index (χ0v) is 4.81. The third-order valence-corrected chi connectivity index (χ3v) is 0.764. The second-order valence-electron chi connectivity index (χ2n) is 1.52. The molecular weight excluding hydrogens is 106 g/mol. The van der Waals surface area contributed by atoms with Gasteiger partial charge in [-0.1, -0.05) is 0 Å². The van der Waals surface area contributed by atoms with Gasteiger partial charge in [-0.05, 0) is 6.54 Å². The molecule has 0 atom stereocenters. The first-order chi connectivity index (χ1) is 3.68. The average molecular weight is 115 g/mol. The van der Waals surface area contributed by atoms with Gasteiger partial charge in [-0.3, -0.25) is 9.59 Å².